The van der Waals surface area contributed by atoms with Gasteiger partial charge in [0.1, 0.15) is 23.2 Å². The van der Waals surface area contributed by atoms with Crippen LogP contribution in [0.1, 0.15) is 75.8 Å². The van der Waals surface area contributed by atoms with E-state index in [0.717, 1.165) is 19.3 Å². The van der Waals surface area contributed by atoms with Crippen LogP contribution in [0.2, 0.25) is 0 Å². The van der Waals surface area contributed by atoms with E-state index < -0.39 is 81.2 Å². The van der Waals surface area contributed by atoms with E-state index in [1.165, 1.54) is 19.1 Å². The van der Waals surface area contributed by atoms with E-state index in [1.54, 1.807) is 19.1 Å². The SMILES string of the molecule is CC(=O)[C@]1(O)Cc2c(O)c3c(c(O)c2[C@@H](O[C@H]2CC(N4CC4)[C@H](OS(C)(=O)=O)[C@H](C)O2)C1)C(=O)c1ccccc1C3=O. The molecule has 2 heterocycles. The molecule has 0 amide bonds. The van der Waals surface area contributed by atoms with Crippen LogP contribution < -0.4 is 0 Å². The summed E-state index contributed by atoms with van der Waals surface area (Å²) < 4.78 is 41.5. The van der Waals surface area contributed by atoms with Crippen molar-refractivity contribution in [3.8, 4) is 11.5 Å². The van der Waals surface area contributed by atoms with Crippen molar-refractivity contribution in [3.05, 3.63) is 57.6 Å². The quantitative estimate of drug-likeness (QED) is 0.210. The number of aliphatic hydroxyl groups is 1. The van der Waals surface area contributed by atoms with E-state index >= 15 is 0 Å². The summed E-state index contributed by atoms with van der Waals surface area (Å²) in [5, 5.41) is 34.3. The lowest BCUT2D eigenvalue weighted by Crippen LogP contribution is -2.53. The minimum Gasteiger partial charge on any atom is -0.507 e. The smallest absolute Gasteiger partial charge is 0.264 e. The number of ketones is 3. The second-order valence-electron chi connectivity index (χ2n) is 11.5. The molecule has 4 aliphatic rings. The summed E-state index contributed by atoms with van der Waals surface area (Å²) in [6.45, 7) is 4.28. The van der Waals surface area contributed by atoms with Gasteiger partial charge >= 0.3 is 0 Å². The van der Waals surface area contributed by atoms with E-state index in [4.69, 9.17) is 13.7 Å². The molecule has 13 heteroatoms. The van der Waals surface area contributed by atoms with Gasteiger partial charge in [-0.2, -0.15) is 8.42 Å². The van der Waals surface area contributed by atoms with E-state index in [0.29, 0.717) is 0 Å². The van der Waals surface area contributed by atoms with Gasteiger partial charge in [-0.15, -0.1) is 0 Å². The third-order valence-electron chi connectivity index (χ3n) is 8.62. The number of benzene rings is 2. The number of hydrogen-bond acceptors (Lipinski definition) is 12. The van der Waals surface area contributed by atoms with E-state index in [-0.39, 0.29) is 46.7 Å². The third kappa shape index (κ3) is 4.74. The van der Waals surface area contributed by atoms with Crippen LogP contribution in [0.3, 0.4) is 0 Å². The number of rotatable bonds is 6. The van der Waals surface area contributed by atoms with Gasteiger partial charge in [0, 0.05) is 60.6 Å². The molecule has 0 spiro atoms. The summed E-state index contributed by atoms with van der Waals surface area (Å²) >= 11 is 0. The number of carbonyl (C=O) groups is 3. The molecule has 224 valence electrons. The zero-order chi connectivity index (χ0) is 30.3. The van der Waals surface area contributed by atoms with Gasteiger partial charge in [0.2, 0.25) is 0 Å². The van der Waals surface area contributed by atoms with Gasteiger partial charge in [-0.1, -0.05) is 24.3 Å². The molecule has 0 saturated carbocycles. The highest BCUT2D eigenvalue weighted by Gasteiger charge is 2.50. The maximum atomic E-state index is 13.5. The van der Waals surface area contributed by atoms with Crippen LogP contribution in [-0.2, 0) is 35.0 Å². The van der Waals surface area contributed by atoms with Gasteiger partial charge in [-0.3, -0.25) is 23.5 Å². The Morgan fingerprint density at radius 1 is 1.07 bits per heavy atom. The van der Waals surface area contributed by atoms with Gasteiger partial charge < -0.3 is 24.8 Å². The lowest BCUT2D eigenvalue weighted by Gasteiger charge is -2.43. The van der Waals surface area contributed by atoms with Crippen LogP contribution in [0, 0.1) is 0 Å². The van der Waals surface area contributed by atoms with Crippen molar-refractivity contribution < 1.29 is 51.8 Å². The van der Waals surface area contributed by atoms with E-state index in [1.807, 2.05) is 4.90 Å². The molecule has 1 unspecified atom stereocenters. The van der Waals surface area contributed by atoms with Crippen molar-refractivity contribution in [1.82, 2.24) is 4.90 Å². The number of phenols is 2. The first kappa shape index (κ1) is 28.9. The normalized spacial score (nSPS) is 30.8. The molecule has 0 bridgehead atoms. The number of fused-ring (bicyclic) bond motifs is 3. The fraction of sp³-hybridized carbons (Fsp3) is 0.483. The zero-order valence-corrected chi connectivity index (χ0v) is 24.0. The van der Waals surface area contributed by atoms with Crippen LogP contribution in [0.25, 0.3) is 0 Å². The molecule has 6 atom stereocenters. The van der Waals surface area contributed by atoms with Gasteiger partial charge in [0.15, 0.2) is 23.6 Å². The van der Waals surface area contributed by atoms with Crippen molar-refractivity contribution in [2.45, 2.75) is 69.4 Å². The Hall–Kier alpha value is -3.20. The van der Waals surface area contributed by atoms with Crippen LogP contribution in [0.4, 0.5) is 0 Å². The molecule has 2 aromatic rings. The first-order valence-corrected chi connectivity index (χ1v) is 15.5. The second-order valence-corrected chi connectivity index (χ2v) is 13.1. The Morgan fingerprint density at radius 3 is 2.21 bits per heavy atom. The van der Waals surface area contributed by atoms with Crippen LogP contribution >= 0.6 is 0 Å². The van der Waals surface area contributed by atoms with Crippen LogP contribution in [-0.4, -0.2) is 95.5 Å². The van der Waals surface area contributed by atoms with Crippen molar-refractivity contribution in [2.75, 3.05) is 19.3 Å². The molecule has 2 fully saturated rings. The van der Waals surface area contributed by atoms with E-state index in [2.05, 4.69) is 0 Å². The number of ether oxygens (including phenoxy) is 2. The summed E-state index contributed by atoms with van der Waals surface area (Å²) in [4.78, 5) is 41.6. The minimum absolute atomic E-state index is 0.0215. The molecule has 3 N–H and O–H groups in total. The minimum atomic E-state index is -3.79. The fourth-order valence-corrected chi connectivity index (χ4v) is 7.13. The van der Waals surface area contributed by atoms with Gasteiger partial charge in [0.05, 0.1) is 29.6 Å². The topological polar surface area (TPSA) is 177 Å². The standard InChI is InChI=1S/C29H31NO11S/c1-13-28(41-42(3,37)38)18(30-8-9-30)10-20(39-13)40-19-12-29(36,14(2)31)11-17-21(19)27(35)23-22(26(17)34)24(32)15-6-4-5-7-16(15)25(23)33/h4-7,13,18-20,28,34-36H,8-12H2,1-3H3/t13-,18?,19-,20-,28+,29-/m0/s1. The summed E-state index contributed by atoms with van der Waals surface area (Å²) in [6.07, 6.45) is -3.39. The maximum absolute atomic E-state index is 13.5. The summed E-state index contributed by atoms with van der Waals surface area (Å²) in [5.74, 6) is -3.14. The highest BCUT2D eigenvalue weighted by molar-refractivity contribution is 7.86. The Labute approximate surface area is 241 Å². The first-order valence-electron chi connectivity index (χ1n) is 13.7. The summed E-state index contributed by atoms with van der Waals surface area (Å²) in [7, 11) is -3.79. The molecule has 42 heavy (non-hydrogen) atoms. The molecule has 12 nitrogen and oxygen atoms in total. The molecule has 2 aliphatic heterocycles. The number of phenolic OH excluding ortho intramolecular Hbond substituents is 2. The Bertz CT molecular complexity index is 1630. The molecule has 2 saturated heterocycles. The molecule has 6 rings (SSSR count). The highest BCUT2D eigenvalue weighted by Crippen LogP contribution is 2.52. The average Bonchev–Trinajstić information content (AvgIpc) is 3.75. The number of carbonyl (C=O) groups excluding carboxylic acids is 3. The van der Waals surface area contributed by atoms with Gasteiger partial charge in [-0.25, -0.2) is 0 Å². The first-order chi connectivity index (χ1) is 19.7. The monoisotopic (exact) mass is 601 g/mol. The fourth-order valence-electron chi connectivity index (χ4n) is 6.44. The molecular weight excluding hydrogens is 570 g/mol. The Kier molecular flexibility index (Phi) is 6.83. The van der Waals surface area contributed by atoms with Gasteiger partial charge in [0.25, 0.3) is 10.1 Å². The van der Waals surface area contributed by atoms with Crippen molar-refractivity contribution >= 4 is 27.5 Å². The average molecular weight is 602 g/mol. The lowest BCUT2D eigenvalue weighted by atomic mass is 9.72. The van der Waals surface area contributed by atoms with Crippen molar-refractivity contribution in [3.63, 3.8) is 0 Å². The van der Waals surface area contributed by atoms with Crippen molar-refractivity contribution in [2.24, 2.45) is 0 Å². The van der Waals surface area contributed by atoms with E-state index in [9.17, 15) is 38.1 Å². The number of Topliss-reactive ketones (excluding diaryl/α,β-unsaturated/α-hetero) is 1. The number of nitrogens with zero attached hydrogens (tertiary/aromatic N) is 1. The largest absolute Gasteiger partial charge is 0.507 e. The van der Waals surface area contributed by atoms with Crippen LogP contribution in [0.5, 0.6) is 11.5 Å². The molecule has 0 aromatic heterocycles. The Morgan fingerprint density at radius 2 is 1.67 bits per heavy atom. The lowest BCUT2D eigenvalue weighted by molar-refractivity contribution is -0.250. The number of aromatic hydroxyl groups is 2. The zero-order valence-electron chi connectivity index (χ0n) is 23.2. The second kappa shape index (κ2) is 9.93. The summed E-state index contributed by atoms with van der Waals surface area (Å²) in [5.41, 5.74) is -2.76. The Balaban J connectivity index is 1.42. The molecule has 2 aliphatic carbocycles. The predicted octanol–water partition coefficient (Wildman–Crippen LogP) is 1.36. The van der Waals surface area contributed by atoms with Gasteiger partial charge in [-0.05, 0) is 13.8 Å². The number of hydrogen-bond donors (Lipinski definition) is 3. The maximum Gasteiger partial charge on any atom is 0.264 e. The molecular formula is C29H31NO11S. The summed E-state index contributed by atoms with van der Waals surface area (Å²) in [6, 6.07) is 5.67. The van der Waals surface area contributed by atoms with Crippen molar-refractivity contribution in [1.29, 1.82) is 0 Å². The highest BCUT2D eigenvalue weighted by atomic mass is 32.2. The molecule has 0 radical (unpaired) electrons. The third-order valence-corrected chi connectivity index (χ3v) is 9.20. The molecule has 2 aromatic carbocycles. The van der Waals surface area contributed by atoms with Crippen LogP contribution in [0.15, 0.2) is 24.3 Å². The predicted molar refractivity (Wildman–Crippen MR) is 145 cm³/mol.